The molecular formula is C23H28ClF3N2O3S. The Labute approximate surface area is 198 Å². The molecule has 33 heavy (non-hydrogen) atoms. The summed E-state index contributed by atoms with van der Waals surface area (Å²) in [6, 6.07) is 9.57. The molecule has 1 unspecified atom stereocenters. The molecule has 2 rings (SSSR count). The first-order valence-electron chi connectivity index (χ1n) is 10.7. The molecule has 1 atom stereocenters. The molecule has 0 heterocycles. The average molecular weight is 505 g/mol. The zero-order valence-electron chi connectivity index (χ0n) is 18.5. The number of alkyl halides is 3. The summed E-state index contributed by atoms with van der Waals surface area (Å²) in [4.78, 5) is 12.5. The molecule has 2 aromatic rings. The van der Waals surface area contributed by atoms with Gasteiger partial charge in [0.1, 0.15) is 6.54 Å². The summed E-state index contributed by atoms with van der Waals surface area (Å²) in [5, 5.41) is 2.50. The number of benzene rings is 2. The number of carbonyl (C=O) groups is 1. The molecule has 0 saturated heterocycles. The summed E-state index contributed by atoms with van der Waals surface area (Å²) in [5.74, 6) is -0.400. The quantitative estimate of drug-likeness (QED) is 0.415. The summed E-state index contributed by atoms with van der Waals surface area (Å²) in [6.07, 6.45) is -0.938. The van der Waals surface area contributed by atoms with Crippen molar-refractivity contribution in [3.63, 3.8) is 0 Å². The minimum Gasteiger partial charge on any atom is -0.354 e. The molecule has 0 fully saturated rings. The highest BCUT2D eigenvalue weighted by Gasteiger charge is 2.34. The van der Waals surface area contributed by atoms with E-state index in [0.717, 1.165) is 37.8 Å². The first-order chi connectivity index (χ1) is 15.5. The Morgan fingerprint density at radius 3 is 2.36 bits per heavy atom. The number of nitrogens with one attached hydrogen (secondary N) is 1. The maximum Gasteiger partial charge on any atom is 0.416 e. The van der Waals surface area contributed by atoms with Crippen molar-refractivity contribution in [2.75, 3.05) is 17.4 Å². The highest BCUT2D eigenvalue weighted by molar-refractivity contribution is 7.92. The van der Waals surface area contributed by atoms with E-state index in [1.54, 1.807) is 6.07 Å². The fourth-order valence-corrected chi connectivity index (χ4v) is 5.01. The number of halogens is 4. The van der Waals surface area contributed by atoms with Crippen LogP contribution < -0.4 is 9.62 Å². The van der Waals surface area contributed by atoms with Crippen LogP contribution in [0.5, 0.6) is 0 Å². The smallest absolute Gasteiger partial charge is 0.354 e. The van der Waals surface area contributed by atoms with Crippen LogP contribution in [0.4, 0.5) is 18.9 Å². The van der Waals surface area contributed by atoms with Crippen LogP contribution in [0.2, 0.25) is 5.02 Å². The minimum atomic E-state index is -4.71. The van der Waals surface area contributed by atoms with Crippen LogP contribution in [-0.4, -0.2) is 27.4 Å². The van der Waals surface area contributed by atoms with Gasteiger partial charge in [-0.15, -0.1) is 0 Å². The van der Waals surface area contributed by atoms with E-state index in [0.29, 0.717) is 16.9 Å². The first-order valence-corrected chi connectivity index (χ1v) is 12.5. The van der Waals surface area contributed by atoms with Crippen LogP contribution in [0.15, 0.2) is 53.4 Å². The van der Waals surface area contributed by atoms with Gasteiger partial charge in [0.05, 0.1) is 21.2 Å². The third kappa shape index (κ3) is 7.37. The van der Waals surface area contributed by atoms with Gasteiger partial charge in [-0.3, -0.25) is 9.10 Å². The number of unbranched alkanes of at least 4 members (excludes halogenated alkanes) is 1. The van der Waals surface area contributed by atoms with Crippen molar-refractivity contribution >= 4 is 33.2 Å². The highest BCUT2D eigenvalue weighted by atomic mass is 35.5. The topological polar surface area (TPSA) is 66.5 Å². The van der Waals surface area contributed by atoms with Gasteiger partial charge in [-0.25, -0.2) is 8.42 Å². The van der Waals surface area contributed by atoms with Gasteiger partial charge >= 0.3 is 6.18 Å². The molecule has 0 aliphatic heterocycles. The van der Waals surface area contributed by atoms with Crippen LogP contribution in [0.3, 0.4) is 0 Å². The van der Waals surface area contributed by atoms with Crippen LogP contribution in [0, 0.1) is 5.92 Å². The molecule has 182 valence electrons. The molecule has 0 saturated carbocycles. The van der Waals surface area contributed by atoms with Crippen molar-refractivity contribution in [2.24, 2.45) is 5.92 Å². The standard InChI is InChI=1S/C23H28ClF3N2O3S/c1-3-5-9-17(4-2)15-28-22(30)16-29(33(31,32)19-10-7-6-8-11-19)21-14-18(23(25,26)27)12-13-20(21)24/h6-8,10-14,17H,3-5,9,15-16H2,1-2H3,(H,28,30). The Morgan fingerprint density at radius 1 is 1.12 bits per heavy atom. The van der Waals surface area contributed by atoms with E-state index in [4.69, 9.17) is 11.6 Å². The first kappa shape index (κ1) is 27.0. The van der Waals surface area contributed by atoms with Crippen molar-refractivity contribution in [1.82, 2.24) is 5.32 Å². The molecule has 1 N–H and O–H groups in total. The van der Waals surface area contributed by atoms with E-state index >= 15 is 0 Å². The minimum absolute atomic E-state index is 0.166. The lowest BCUT2D eigenvalue weighted by molar-refractivity contribution is -0.137. The summed E-state index contributed by atoms with van der Waals surface area (Å²) in [7, 11) is -4.37. The van der Waals surface area contributed by atoms with Crippen LogP contribution >= 0.6 is 11.6 Å². The highest BCUT2D eigenvalue weighted by Crippen LogP contribution is 2.37. The third-order valence-electron chi connectivity index (χ3n) is 5.29. The van der Waals surface area contributed by atoms with Gasteiger partial charge in [0.2, 0.25) is 5.91 Å². The molecule has 0 aromatic heterocycles. The van der Waals surface area contributed by atoms with Gasteiger partial charge in [0.15, 0.2) is 0 Å². The average Bonchev–Trinajstić information content (AvgIpc) is 2.78. The van der Waals surface area contributed by atoms with Crippen molar-refractivity contribution in [2.45, 2.75) is 50.6 Å². The summed E-state index contributed by atoms with van der Waals surface area (Å²) >= 11 is 6.12. The predicted molar refractivity (Wildman–Crippen MR) is 124 cm³/mol. The number of nitrogens with zero attached hydrogens (tertiary/aromatic N) is 1. The fraction of sp³-hybridized carbons (Fsp3) is 0.435. The van der Waals surface area contributed by atoms with E-state index in [1.807, 2.05) is 6.92 Å². The molecule has 2 aromatic carbocycles. The number of sulfonamides is 1. The summed E-state index contributed by atoms with van der Waals surface area (Å²) in [5.41, 5.74) is -1.48. The van der Waals surface area contributed by atoms with Crippen molar-refractivity contribution in [1.29, 1.82) is 0 Å². The molecular weight excluding hydrogens is 477 g/mol. The summed E-state index contributed by atoms with van der Waals surface area (Å²) in [6.45, 7) is 3.71. The maximum absolute atomic E-state index is 13.3. The Kier molecular flexibility index (Phi) is 9.60. The second-order valence-electron chi connectivity index (χ2n) is 7.71. The van der Waals surface area contributed by atoms with Gasteiger partial charge in [-0.1, -0.05) is 62.9 Å². The van der Waals surface area contributed by atoms with Gasteiger partial charge in [-0.2, -0.15) is 13.2 Å². The number of anilines is 1. The Bertz CT molecular complexity index is 1030. The van der Waals surface area contributed by atoms with E-state index in [-0.39, 0.29) is 15.8 Å². The number of amides is 1. The second kappa shape index (κ2) is 11.7. The number of hydrogen-bond acceptors (Lipinski definition) is 3. The zero-order chi connectivity index (χ0) is 24.6. The molecule has 5 nitrogen and oxygen atoms in total. The lowest BCUT2D eigenvalue weighted by Gasteiger charge is -2.26. The third-order valence-corrected chi connectivity index (χ3v) is 7.39. The monoisotopic (exact) mass is 504 g/mol. The van der Waals surface area contributed by atoms with Crippen molar-refractivity contribution in [3.8, 4) is 0 Å². The largest absolute Gasteiger partial charge is 0.416 e. The second-order valence-corrected chi connectivity index (χ2v) is 9.98. The van der Waals surface area contributed by atoms with E-state index in [2.05, 4.69) is 12.2 Å². The van der Waals surface area contributed by atoms with E-state index in [9.17, 15) is 26.4 Å². The van der Waals surface area contributed by atoms with E-state index in [1.165, 1.54) is 24.3 Å². The van der Waals surface area contributed by atoms with Crippen molar-refractivity contribution < 1.29 is 26.4 Å². The number of hydrogen-bond donors (Lipinski definition) is 1. The van der Waals surface area contributed by atoms with Crippen molar-refractivity contribution in [3.05, 3.63) is 59.1 Å². The zero-order valence-corrected chi connectivity index (χ0v) is 20.1. The van der Waals surface area contributed by atoms with Gasteiger partial charge in [0.25, 0.3) is 10.0 Å². The number of rotatable bonds is 11. The SMILES string of the molecule is CCCCC(CC)CNC(=O)CN(c1cc(C(F)(F)F)ccc1Cl)S(=O)(=O)c1ccccc1. The number of carbonyl (C=O) groups excluding carboxylic acids is 1. The molecule has 10 heteroatoms. The Morgan fingerprint density at radius 2 is 1.79 bits per heavy atom. The molecule has 0 radical (unpaired) electrons. The molecule has 1 amide bonds. The molecule has 0 aliphatic carbocycles. The van der Waals surface area contributed by atoms with Crippen LogP contribution in [0.25, 0.3) is 0 Å². The lowest BCUT2D eigenvalue weighted by Crippen LogP contribution is -2.42. The molecule has 0 spiro atoms. The van der Waals surface area contributed by atoms with Crippen LogP contribution in [-0.2, 0) is 21.0 Å². The van der Waals surface area contributed by atoms with Crippen LogP contribution in [0.1, 0.15) is 45.1 Å². The van der Waals surface area contributed by atoms with Gasteiger partial charge < -0.3 is 5.32 Å². The normalized spacial score (nSPS) is 12.9. The Hall–Kier alpha value is -2.26. The molecule has 0 aliphatic rings. The predicted octanol–water partition coefficient (Wildman–Crippen LogP) is 5.89. The van der Waals surface area contributed by atoms with Gasteiger partial charge in [-0.05, 0) is 42.7 Å². The summed E-state index contributed by atoms with van der Waals surface area (Å²) < 4.78 is 67.2. The van der Waals surface area contributed by atoms with E-state index < -0.39 is 39.9 Å². The molecule has 0 bridgehead atoms. The Balaban J connectivity index is 2.40. The fourth-order valence-electron chi connectivity index (χ4n) is 3.29. The maximum atomic E-state index is 13.3. The lowest BCUT2D eigenvalue weighted by atomic mass is 9.99. The van der Waals surface area contributed by atoms with Gasteiger partial charge in [0, 0.05) is 6.54 Å².